The van der Waals surface area contributed by atoms with Crippen LogP contribution in [0.4, 0.5) is 9.59 Å². The van der Waals surface area contributed by atoms with Crippen molar-refractivity contribution in [1.82, 2.24) is 0 Å². The molecule has 0 saturated heterocycles. The predicted octanol–water partition coefficient (Wildman–Crippen LogP) is 3.42. The van der Waals surface area contributed by atoms with Crippen LogP contribution in [0.5, 0.6) is 11.5 Å². The maximum absolute atomic E-state index is 11.4. The van der Waals surface area contributed by atoms with E-state index in [1.54, 1.807) is 60.7 Å². The summed E-state index contributed by atoms with van der Waals surface area (Å²) in [6.07, 6.45) is -1.71. The van der Waals surface area contributed by atoms with Crippen LogP contribution in [0.1, 0.15) is 0 Å². The van der Waals surface area contributed by atoms with Gasteiger partial charge in [-0.3, -0.25) is 0 Å². The fourth-order valence-corrected chi connectivity index (χ4v) is 1.58. The van der Waals surface area contributed by atoms with Crippen molar-refractivity contribution < 1.29 is 28.5 Å². The number of carbonyl (C=O) groups is 2. The second-order valence-electron chi connectivity index (χ2n) is 4.51. The first kappa shape index (κ1) is 18.4. The predicted molar refractivity (Wildman–Crippen MR) is 92.4 cm³/mol. The van der Waals surface area contributed by atoms with Gasteiger partial charge >= 0.3 is 12.3 Å². The molecule has 0 N–H and O–H groups in total. The molecule has 6 heteroatoms. The van der Waals surface area contributed by atoms with Gasteiger partial charge in [0, 0.05) is 0 Å². The van der Waals surface area contributed by atoms with E-state index in [0.29, 0.717) is 11.5 Å². The molecule has 0 aliphatic carbocycles. The van der Waals surface area contributed by atoms with Gasteiger partial charge in [-0.1, -0.05) is 36.4 Å². The summed E-state index contributed by atoms with van der Waals surface area (Å²) in [5, 5.41) is 0. The number of para-hydroxylation sites is 2. The first-order valence-electron chi connectivity index (χ1n) is 7.49. The molecule has 6 nitrogen and oxygen atoms in total. The van der Waals surface area contributed by atoms with Gasteiger partial charge in [0.05, 0.1) is 0 Å². The monoisotopic (exact) mass is 350 g/mol. The molecule has 0 aliphatic heterocycles. The summed E-state index contributed by atoms with van der Waals surface area (Å²) in [5.41, 5.74) is 0. The molecule has 0 heterocycles. The molecule has 2 rings (SSSR count). The van der Waals surface area contributed by atoms with Gasteiger partial charge in [-0.15, -0.1) is 0 Å². The molecule has 26 heavy (non-hydrogen) atoms. The Balaban J connectivity index is 1.60. The zero-order valence-electron chi connectivity index (χ0n) is 13.6. The molecule has 0 unspecified atom stereocenters. The van der Waals surface area contributed by atoms with Gasteiger partial charge in [-0.05, 0) is 47.9 Å². The van der Waals surface area contributed by atoms with E-state index in [-0.39, 0.29) is 13.2 Å². The van der Waals surface area contributed by atoms with Crippen molar-refractivity contribution in [2.45, 2.75) is 0 Å². The Labute approximate surface area is 150 Å². The van der Waals surface area contributed by atoms with Gasteiger partial charge < -0.3 is 18.9 Å². The summed E-state index contributed by atoms with van der Waals surface area (Å²) in [4.78, 5) is 22.7. The molecule has 0 aromatic heterocycles. The highest BCUT2D eigenvalue weighted by Gasteiger charge is 2.04. The summed E-state index contributed by atoms with van der Waals surface area (Å²) in [6, 6.07) is 17.0. The fourth-order valence-electron chi connectivity index (χ4n) is 1.58. The first-order chi connectivity index (χ1) is 12.7. The van der Waals surface area contributed by atoms with Gasteiger partial charge in [0.2, 0.25) is 0 Å². The van der Waals surface area contributed by atoms with E-state index in [0.717, 1.165) is 0 Å². The van der Waals surface area contributed by atoms with Crippen LogP contribution >= 0.6 is 0 Å². The minimum absolute atomic E-state index is 0.169. The maximum Gasteiger partial charge on any atom is 0.514 e. The Bertz CT molecular complexity index is 764. The SMILES string of the molecule is O=C(OCC#CC#CCOC(=O)Oc1ccccc1)Oc1ccccc1. The molecule has 130 valence electrons. The topological polar surface area (TPSA) is 71.1 Å². The van der Waals surface area contributed by atoms with Gasteiger partial charge in [0.1, 0.15) is 11.5 Å². The molecule has 2 aromatic rings. The first-order valence-corrected chi connectivity index (χ1v) is 7.49. The van der Waals surface area contributed by atoms with Crippen LogP contribution < -0.4 is 9.47 Å². The van der Waals surface area contributed by atoms with Crippen molar-refractivity contribution >= 4 is 12.3 Å². The largest absolute Gasteiger partial charge is 0.514 e. The number of benzene rings is 2. The zero-order valence-corrected chi connectivity index (χ0v) is 13.6. The third-order valence-electron chi connectivity index (χ3n) is 2.65. The van der Waals surface area contributed by atoms with E-state index < -0.39 is 12.3 Å². The zero-order chi connectivity index (χ0) is 18.5. The van der Waals surface area contributed by atoms with Crippen molar-refractivity contribution in [2.24, 2.45) is 0 Å². The van der Waals surface area contributed by atoms with Crippen LogP contribution in [0.2, 0.25) is 0 Å². The van der Waals surface area contributed by atoms with E-state index in [9.17, 15) is 9.59 Å². The van der Waals surface area contributed by atoms with Gasteiger partial charge in [0.25, 0.3) is 0 Å². The van der Waals surface area contributed by atoms with Crippen molar-refractivity contribution in [2.75, 3.05) is 13.2 Å². The fraction of sp³-hybridized carbons (Fsp3) is 0.100. The summed E-state index contributed by atoms with van der Waals surface area (Å²) in [7, 11) is 0. The lowest BCUT2D eigenvalue weighted by Crippen LogP contribution is -2.10. The van der Waals surface area contributed by atoms with Crippen molar-refractivity contribution in [3.63, 3.8) is 0 Å². The second kappa shape index (κ2) is 10.8. The highest BCUT2D eigenvalue weighted by molar-refractivity contribution is 5.64. The molecule has 0 fully saturated rings. The van der Waals surface area contributed by atoms with Crippen molar-refractivity contribution in [1.29, 1.82) is 0 Å². The number of rotatable bonds is 4. The number of hydrogen-bond donors (Lipinski definition) is 0. The average Bonchev–Trinajstić information content (AvgIpc) is 2.65. The van der Waals surface area contributed by atoms with E-state index >= 15 is 0 Å². The minimum atomic E-state index is -0.856. The van der Waals surface area contributed by atoms with E-state index in [4.69, 9.17) is 18.9 Å². The molecule has 0 atom stereocenters. The molecule has 0 spiro atoms. The molecular formula is C20H14O6. The number of hydrogen-bond acceptors (Lipinski definition) is 6. The Hall–Kier alpha value is -3.90. The minimum Gasteiger partial charge on any atom is -0.421 e. The molecule has 0 radical (unpaired) electrons. The second-order valence-corrected chi connectivity index (χ2v) is 4.51. The Kier molecular flexibility index (Phi) is 7.66. The molecule has 0 amide bonds. The quantitative estimate of drug-likeness (QED) is 0.478. The maximum atomic E-state index is 11.4. The van der Waals surface area contributed by atoms with Crippen LogP contribution in [0, 0.1) is 23.7 Å². The van der Waals surface area contributed by atoms with Gasteiger partial charge in [-0.2, -0.15) is 0 Å². The normalized spacial score (nSPS) is 8.77. The molecule has 0 aliphatic rings. The van der Waals surface area contributed by atoms with E-state index in [1.165, 1.54) is 0 Å². The van der Waals surface area contributed by atoms with E-state index in [1.807, 2.05) is 0 Å². The Morgan fingerprint density at radius 2 is 1.04 bits per heavy atom. The number of carbonyl (C=O) groups excluding carboxylic acids is 2. The Morgan fingerprint density at radius 3 is 1.42 bits per heavy atom. The molecule has 0 bridgehead atoms. The van der Waals surface area contributed by atoms with Crippen LogP contribution in [0.15, 0.2) is 60.7 Å². The lowest BCUT2D eigenvalue weighted by Gasteiger charge is -2.02. The van der Waals surface area contributed by atoms with Crippen LogP contribution in [0.3, 0.4) is 0 Å². The van der Waals surface area contributed by atoms with Gasteiger partial charge in [-0.25, -0.2) is 9.59 Å². The highest BCUT2D eigenvalue weighted by atomic mass is 16.7. The van der Waals surface area contributed by atoms with Crippen LogP contribution in [0.25, 0.3) is 0 Å². The third-order valence-corrected chi connectivity index (χ3v) is 2.65. The highest BCUT2D eigenvalue weighted by Crippen LogP contribution is 2.09. The van der Waals surface area contributed by atoms with Crippen molar-refractivity contribution in [3.8, 4) is 35.2 Å². The lowest BCUT2D eigenvalue weighted by molar-refractivity contribution is 0.110. The Morgan fingerprint density at radius 1 is 0.654 bits per heavy atom. The standard InChI is InChI=1S/C20H14O6/c21-19(25-17-11-5-3-6-12-17)23-15-9-1-2-10-16-24-20(22)26-18-13-7-4-8-14-18/h3-8,11-14H,15-16H2. The summed E-state index contributed by atoms with van der Waals surface area (Å²) in [5.74, 6) is 10.7. The molecular weight excluding hydrogens is 336 g/mol. The van der Waals surface area contributed by atoms with Crippen LogP contribution in [-0.2, 0) is 9.47 Å². The van der Waals surface area contributed by atoms with Crippen LogP contribution in [-0.4, -0.2) is 25.5 Å². The number of ether oxygens (including phenoxy) is 4. The summed E-state index contributed by atoms with van der Waals surface area (Å²) < 4.78 is 19.3. The molecule has 0 saturated carbocycles. The summed E-state index contributed by atoms with van der Waals surface area (Å²) >= 11 is 0. The third kappa shape index (κ3) is 7.58. The lowest BCUT2D eigenvalue weighted by atomic mass is 10.3. The summed E-state index contributed by atoms with van der Waals surface area (Å²) in [6.45, 7) is -0.339. The molecule has 2 aromatic carbocycles. The van der Waals surface area contributed by atoms with Crippen molar-refractivity contribution in [3.05, 3.63) is 60.7 Å². The van der Waals surface area contributed by atoms with Gasteiger partial charge in [0.15, 0.2) is 13.2 Å². The average molecular weight is 350 g/mol. The smallest absolute Gasteiger partial charge is 0.421 e. The van der Waals surface area contributed by atoms with E-state index in [2.05, 4.69) is 23.7 Å².